The lowest BCUT2D eigenvalue weighted by Gasteiger charge is -2.56. The van der Waals surface area contributed by atoms with Gasteiger partial charge in [0.15, 0.2) is 5.79 Å². The third-order valence-electron chi connectivity index (χ3n) is 19.8. The van der Waals surface area contributed by atoms with Crippen LogP contribution in [0.4, 0.5) is 0 Å². The van der Waals surface area contributed by atoms with Crippen LogP contribution in [0, 0.1) is 23.7 Å². The Morgan fingerprint density at radius 2 is 1.21 bits per heavy atom. The van der Waals surface area contributed by atoms with Gasteiger partial charge in [0.25, 0.3) is 8.32 Å². The predicted molar refractivity (Wildman–Crippen MR) is 309 cm³/mol. The summed E-state index contributed by atoms with van der Waals surface area (Å²) in [5, 5.41) is 4.78. The highest BCUT2D eigenvalue weighted by atomic mass is 28.4. The summed E-state index contributed by atoms with van der Waals surface area (Å²) in [6.45, 7) is 34.6. The maximum Gasteiger partial charge on any atom is 0.261 e. The van der Waals surface area contributed by atoms with Gasteiger partial charge in [0, 0.05) is 31.1 Å². The summed E-state index contributed by atoms with van der Waals surface area (Å²) >= 11 is 0. The Balaban J connectivity index is 0.969. The molecule has 0 saturated carbocycles. The second-order valence-corrected chi connectivity index (χ2v) is 36.4. The predicted octanol–water partition coefficient (Wildman–Crippen LogP) is 13.3. The molecule has 6 fully saturated rings. The van der Waals surface area contributed by atoms with Crippen molar-refractivity contribution < 1.29 is 42.0 Å². The van der Waals surface area contributed by atoms with Gasteiger partial charge in [0.05, 0.1) is 74.8 Å². The molecular weight excluding hydrogens is 981 g/mol. The van der Waals surface area contributed by atoms with Crippen LogP contribution in [0.3, 0.4) is 0 Å². The van der Waals surface area contributed by atoms with E-state index < -0.39 is 28.0 Å². The number of ether oxygens (including phenoxy) is 7. The minimum absolute atomic E-state index is 0.0258. The highest BCUT2D eigenvalue weighted by molar-refractivity contribution is 6.99. The summed E-state index contributed by atoms with van der Waals surface area (Å²) in [5.41, 5.74) is 1.56. The second-order valence-electron chi connectivity index (χ2n) is 26.7. The standard InChI is InChI=1S/C65H94O9Si2/c1-41(2)75(42(3)4,43(5)6)74-58-38-55-56(72-64(58,14)40-68-76(63(11,12)13,51-26-17-15-18-27-51)52-28-19-16-20-29-52)35-44(7)34-53-54(69-55)37-57-59(70-53)46(9)60(66-39-48-30-31-49-24-21-22-25-50(49)36-48)62-61(71-57)45(8)47(10)65(73-62)32-23-33-67-65/h15-22,24-31,36,41-47,53-62H,23,32-35,37-40H2,1-14H3/t44-,45+,46-,47+,53+,54-,55+,56-,57+,58-,59-,60?,61-,62+,64+,65-/m1/s1. The molecule has 10 rings (SSSR count). The zero-order chi connectivity index (χ0) is 54.0. The van der Waals surface area contributed by atoms with Gasteiger partial charge >= 0.3 is 0 Å². The van der Waals surface area contributed by atoms with E-state index in [0.29, 0.717) is 48.8 Å². The van der Waals surface area contributed by atoms with E-state index in [2.05, 4.69) is 200 Å². The maximum atomic E-state index is 8.03. The quantitative estimate of drug-likeness (QED) is 0.122. The molecule has 6 aliphatic rings. The van der Waals surface area contributed by atoms with Gasteiger partial charge in [0.2, 0.25) is 8.32 Å². The van der Waals surface area contributed by atoms with E-state index in [1.54, 1.807) is 0 Å². The first-order valence-corrected chi connectivity index (χ1v) is 33.7. The van der Waals surface area contributed by atoms with Crippen molar-refractivity contribution >= 4 is 37.8 Å². The molecule has 0 aromatic heterocycles. The molecule has 0 bridgehead atoms. The smallest absolute Gasteiger partial charge is 0.261 e. The zero-order valence-corrected chi connectivity index (χ0v) is 50.7. The molecule has 4 aromatic rings. The number of benzene rings is 4. The van der Waals surface area contributed by atoms with Gasteiger partial charge in [-0.25, -0.2) is 0 Å². The van der Waals surface area contributed by atoms with Crippen molar-refractivity contribution in [2.24, 2.45) is 23.7 Å². The summed E-state index contributed by atoms with van der Waals surface area (Å²) in [7, 11) is -5.39. The molecule has 0 N–H and O–H groups in total. The van der Waals surface area contributed by atoms with Crippen molar-refractivity contribution in [1.82, 2.24) is 0 Å². The lowest BCUT2D eigenvalue weighted by molar-refractivity contribution is -0.342. The molecule has 0 radical (unpaired) electrons. The van der Waals surface area contributed by atoms with Gasteiger partial charge in [-0.2, -0.15) is 0 Å². The number of rotatable bonds is 13. The normalized spacial score (nSPS) is 36.3. The van der Waals surface area contributed by atoms with E-state index in [4.69, 9.17) is 42.0 Å². The molecule has 6 heterocycles. The fraction of sp³-hybridized carbons (Fsp3) is 0.662. The molecule has 9 nitrogen and oxygen atoms in total. The molecule has 11 heteroatoms. The molecule has 4 aromatic carbocycles. The minimum atomic E-state index is -2.94. The number of hydrogen-bond donors (Lipinski definition) is 0. The Hall–Kier alpha value is -2.79. The molecule has 1 spiro atoms. The van der Waals surface area contributed by atoms with Gasteiger partial charge in [-0.1, -0.05) is 187 Å². The summed E-state index contributed by atoms with van der Waals surface area (Å²) in [6.07, 6.45) is 2.84. The van der Waals surface area contributed by atoms with Crippen molar-refractivity contribution in [3.8, 4) is 0 Å². The Labute approximate surface area is 459 Å². The van der Waals surface area contributed by atoms with Gasteiger partial charge in [0.1, 0.15) is 11.7 Å². The fourth-order valence-corrected chi connectivity index (χ4v) is 26.1. The largest absolute Gasteiger partial charge is 0.410 e. The summed E-state index contributed by atoms with van der Waals surface area (Å²) in [4.78, 5) is 0. The van der Waals surface area contributed by atoms with Crippen LogP contribution in [-0.4, -0.2) is 102 Å². The molecule has 6 saturated heterocycles. The van der Waals surface area contributed by atoms with Crippen LogP contribution in [0.5, 0.6) is 0 Å². The lowest BCUT2D eigenvalue weighted by atomic mass is 9.76. The van der Waals surface area contributed by atoms with Crippen LogP contribution in [0.1, 0.15) is 141 Å². The molecule has 6 aliphatic heterocycles. The Kier molecular flexibility index (Phi) is 16.6. The van der Waals surface area contributed by atoms with Crippen molar-refractivity contribution in [2.45, 2.75) is 236 Å². The van der Waals surface area contributed by atoms with Crippen molar-refractivity contribution in [3.05, 3.63) is 109 Å². The van der Waals surface area contributed by atoms with Crippen molar-refractivity contribution in [3.63, 3.8) is 0 Å². The van der Waals surface area contributed by atoms with Crippen LogP contribution in [0.25, 0.3) is 10.8 Å². The van der Waals surface area contributed by atoms with E-state index in [1.165, 1.54) is 21.1 Å². The average Bonchev–Trinajstić information content (AvgIpc) is 3.84. The van der Waals surface area contributed by atoms with Gasteiger partial charge < -0.3 is 42.0 Å². The van der Waals surface area contributed by atoms with Gasteiger partial charge in [-0.05, 0) is 92.5 Å². The van der Waals surface area contributed by atoms with Gasteiger partial charge in [-0.15, -0.1) is 0 Å². The van der Waals surface area contributed by atoms with E-state index in [9.17, 15) is 0 Å². The first-order chi connectivity index (χ1) is 36.2. The van der Waals surface area contributed by atoms with E-state index >= 15 is 0 Å². The second kappa shape index (κ2) is 22.3. The highest BCUT2D eigenvalue weighted by Gasteiger charge is 2.62. The average molecular weight is 1080 g/mol. The third-order valence-corrected chi connectivity index (χ3v) is 30.9. The van der Waals surface area contributed by atoms with Crippen molar-refractivity contribution in [2.75, 3.05) is 13.2 Å². The Bertz CT molecular complexity index is 2480. The van der Waals surface area contributed by atoms with Crippen LogP contribution in [-0.2, 0) is 48.6 Å². The van der Waals surface area contributed by atoms with Crippen LogP contribution in [0.15, 0.2) is 103 Å². The molecule has 1 unspecified atom stereocenters. The van der Waals surface area contributed by atoms with E-state index in [1.807, 2.05) is 0 Å². The maximum absolute atomic E-state index is 8.03. The molecule has 76 heavy (non-hydrogen) atoms. The van der Waals surface area contributed by atoms with Crippen LogP contribution in [0.2, 0.25) is 21.7 Å². The summed E-state index contributed by atoms with van der Waals surface area (Å²) < 4.78 is 67.5. The Morgan fingerprint density at radius 3 is 1.83 bits per heavy atom. The van der Waals surface area contributed by atoms with Gasteiger partial charge in [-0.3, -0.25) is 0 Å². The summed E-state index contributed by atoms with van der Waals surface area (Å²) in [6, 6.07) is 37.2. The molecule has 16 atom stereocenters. The topological polar surface area (TPSA) is 83.1 Å². The number of fused-ring (bicyclic) bond motifs is 5. The van der Waals surface area contributed by atoms with Crippen LogP contribution < -0.4 is 10.4 Å². The SMILES string of the molecule is CC(C)[Si](O[C@@H]1C[C@@H]2O[C@@H]3C[C@@H]4O[C@@H]5[C@@H](C)[C@H](C)[C@@]6(CCCO6)O[C@H]5C(OCc5ccc6ccccc6c5)[C@H](C)[C@H]4O[C@H]3C[C@@H](C)C[C@H]2O[C@@]1(C)CO[Si](c1ccccc1)(c1ccccc1)C(C)(C)C)(C(C)C)C(C)C. The molecule has 0 amide bonds. The molecule has 0 aliphatic carbocycles. The Morgan fingerprint density at radius 1 is 0.618 bits per heavy atom. The highest BCUT2D eigenvalue weighted by Crippen LogP contribution is 2.53. The van der Waals surface area contributed by atoms with E-state index in [0.717, 1.165) is 37.7 Å². The first-order valence-electron chi connectivity index (χ1n) is 29.7. The van der Waals surface area contributed by atoms with Crippen molar-refractivity contribution in [1.29, 1.82) is 0 Å². The fourth-order valence-electron chi connectivity index (χ4n) is 15.8. The first kappa shape index (κ1) is 56.5. The third kappa shape index (κ3) is 10.3. The summed E-state index contributed by atoms with van der Waals surface area (Å²) in [5.74, 6) is -0.0618. The number of hydrogen-bond acceptors (Lipinski definition) is 9. The van der Waals surface area contributed by atoms with Crippen LogP contribution >= 0.6 is 0 Å². The minimum Gasteiger partial charge on any atom is -0.410 e. The lowest BCUT2D eigenvalue weighted by Crippen LogP contribution is -2.70. The monoisotopic (exact) mass is 1070 g/mol. The molecule has 416 valence electrons. The molecular formula is C65H94O9Si2. The zero-order valence-electron chi connectivity index (χ0n) is 48.7. The van der Waals surface area contributed by atoms with E-state index in [-0.39, 0.29) is 83.8 Å².